The van der Waals surface area contributed by atoms with E-state index in [2.05, 4.69) is 36.8 Å². The molecule has 2 amide bonds. The van der Waals surface area contributed by atoms with Gasteiger partial charge in [0.05, 0.1) is 5.75 Å². The lowest BCUT2D eigenvalue weighted by Crippen LogP contribution is -2.24. The number of benzene rings is 2. The van der Waals surface area contributed by atoms with Crippen molar-refractivity contribution in [2.45, 2.75) is 19.2 Å². The Hall–Kier alpha value is -2.23. The van der Waals surface area contributed by atoms with Crippen LogP contribution in [0.1, 0.15) is 25.9 Å². The van der Waals surface area contributed by atoms with Crippen molar-refractivity contribution in [3.8, 4) is 0 Å². The summed E-state index contributed by atoms with van der Waals surface area (Å²) in [4.78, 5) is 24.3. The molecule has 2 aromatic carbocycles. The Morgan fingerprint density at radius 3 is 2.62 bits per heavy atom. The van der Waals surface area contributed by atoms with Crippen LogP contribution in [0.3, 0.4) is 0 Å². The third-order valence-electron chi connectivity index (χ3n) is 3.86. The number of halogens is 1. The highest BCUT2D eigenvalue weighted by Crippen LogP contribution is 2.19. The van der Waals surface area contributed by atoms with Crippen LogP contribution in [0.4, 0.5) is 5.69 Å². The fourth-order valence-electron chi connectivity index (χ4n) is 2.34. The number of aromatic nitrogens is 2. The zero-order valence-electron chi connectivity index (χ0n) is 15.6. The fraction of sp³-hybridized carbons (Fsp3) is 0.200. The smallest absolute Gasteiger partial charge is 0.286 e. The molecule has 2 N–H and O–H groups in total. The molecule has 0 bridgehead atoms. The van der Waals surface area contributed by atoms with Gasteiger partial charge in [-0.2, -0.15) is 0 Å². The van der Waals surface area contributed by atoms with E-state index >= 15 is 0 Å². The quantitative estimate of drug-likeness (QED) is 0.488. The zero-order valence-corrected chi connectivity index (χ0v) is 18.9. The van der Waals surface area contributed by atoms with Crippen molar-refractivity contribution >= 4 is 56.5 Å². The van der Waals surface area contributed by atoms with Crippen LogP contribution in [0.2, 0.25) is 0 Å². The molecule has 0 fully saturated rings. The highest BCUT2D eigenvalue weighted by molar-refractivity contribution is 9.10. The third-order valence-corrected chi connectivity index (χ3v) is 6.69. The average molecular weight is 491 g/mol. The lowest BCUT2D eigenvalue weighted by molar-refractivity contribution is -0.118. The molecule has 0 unspecified atom stereocenters. The number of hydrogen-bond donors (Lipinski definition) is 2. The van der Waals surface area contributed by atoms with Gasteiger partial charge >= 0.3 is 0 Å². The monoisotopic (exact) mass is 490 g/mol. The highest BCUT2D eigenvalue weighted by Gasteiger charge is 2.13. The summed E-state index contributed by atoms with van der Waals surface area (Å²) in [5.41, 5.74) is 2.87. The van der Waals surface area contributed by atoms with Gasteiger partial charge in [0.2, 0.25) is 10.9 Å². The minimum Gasteiger partial charge on any atom is -0.351 e. The van der Waals surface area contributed by atoms with Gasteiger partial charge in [0.1, 0.15) is 5.01 Å². The molecule has 3 rings (SSSR count). The summed E-state index contributed by atoms with van der Waals surface area (Å²) < 4.78 is 0.971. The van der Waals surface area contributed by atoms with Gasteiger partial charge in [-0.1, -0.05) is 63.2 Å². The molecule has 6 nitrogen and oxygen atoms in total. The van der Waals surface area contributed by atoms with Crippen molar-refractivity contribution in [2.75, 3.05) is 11.1 Å². The number of nitrogens with zero attached hydrogens (tertiary/aromatic N) is 2. The molecule has 150 valence electrons. The molecule has 29 heavy (non-hydrogen) atoms. The molecule has 1 aromatic heterocycles. The Balaban J connectivity index is 1.41. The summed E-state index contributed by atoms with van der Waals surface area (Å²) in [5, 5.41) is 14.7. The van der Waals surface area contributed by atoms with E-state index < -0.39 is 0 Å². The van der Waals surface area contributed by atoms with E-state index in [1.54, 1.807) is 0 Å². The normalized spacial score (nSPS) is 10.6. The fourth-order valence-corrected chi connectivity index (χ4v) is 4.41. The van der Waals surface area contributed by atoms with Gasteiger partial charge in [-0.25, -0.2) is 0 Å². The Labute approximate surface area is 185 Å². The average Bonchev–Trinajstić information content (AvgIpc) is 3.18. The van der Waals surface area contributed by atoms with Gasteiger partial charge in [-0.05, 0) is 30.7 Å². The van der Waals surface area contributed by atoms with Crippen molar-refractivity contribution in [2.24, 2.45) is 0 Å². The first kappa shape index (κ1) is 21.5. The van der Waals surface area contributed by atoms with Crippen molar-refractivity contribution in [1.82, 2.24) is 15.5 Å². The molecular formula is C20H19BrN4O2S2. The van der Waals surface area contributed by atoms with Gasteiger partial charge in [0, 0.05) is 22.5 Å². The van der Waals surface area contributed by atoms with Gasteiger partial charge in [0.25, 0.3) is 5.91 Å². The van der Waals surface area contributed by atoms with E-state index in [0.717, 1.165) is 15.6 Å². The SMILES string of the molecule is Cc1ccc(NC(=O)c2nnc(CSCC(=O)NCc3ccccc3Br)s2)cc1. The number of rotatable bonds is 8. The van der Waals surface area contributed by atoms with Crippen LogP contribution in [0.25, 0.3) is 0 Å². The maximum absolute atomic E-state index is 12.3. The molecule has 0 aliphatic carbocycles. The van der Waals surface area contributed by atoms with Crippen LogP contribution < -0.4 is 10.6 Å². The Kier molecular flexibility index (Phi) is 7.79. The molecule has 0 aliphatic heterocycles. The number of aryl methyl sites for hydroxylation is 1. The number of amides is 2. The maximum Gasteiger partial charge on any atom is 0.286 e. The van der Waals surface area contributed by atoms with Crippen LogP contribution in [0.5, 0.6) is 0 Å². The van der Waals surface area contributed by atoms with Crippen LogP contribution in [0, 0.1) is 6.92 Å². The summed E-state index contributed by atoms with van der Waals surface area (Å²) in [6.45, 7) is 2.46. The molecule has 1 heterocycles. The number of carbonyl (C=O) groups excluding carboxylic acids is 2. The number of thioether (sulfide) groups is 1. The highest BCUT2D eigenvalue weighted by atomic mass is 79.9. The van der Waals surface area contributed by atoms with Gasteiger partial charge in [-0.15, -0.1) is 22.0 Å². The molecule has 3 aromatic rings. The summed E-state index contributed by atoms with van der Waals surface area (Å²) in [5.74, 6) is 0.508. The van der Waals surface area contributed by atoms with Gasteiger partial charge in [-0.3, -0.25) is 9.59 Å². The number of carbonyl (C=O) groups is 2. The molecular weight excluding hydrogens is 472 g/mol. The molecule has 0 atom stereocenters. The topological polar surface area (TPSA) is 84.0 Å². The number of nitrogens with one attached hydrogen (secondary N) is 2. The first-order valence-electron chi connectivity index (χ1n) is 8.79. The van der Waals surface area contributed by atoms with E-state index in [1.165, 1.54) is 23.1 Å². The lowest BCUT2D eigenvalue weighted by atomic mass is 10.2. The van der Waals surface area contributed by atoms with E-state index in [1.807, 2.05) is 55.5 Å². The molecule has 0 aliphatic rings. The largest absolute Gasteiger partial charge is 0.351 e. The van der Waals surface area contributed by atoms with Crippen LogP contribution in [-0.2, 0) is 17.1 Å². The predicted molar refractivity (Wildman–Crippen MR) is 121 cm³/mol. The molecule has 0 saturated carbocycles. The van der Waals surface area contributed by atoms with E-state index in [9.17, 15) is 9.59 Å². The molecule has 0 saturated heterocycles. The van der Waals surface area contributed by atoms with Crippen LogP contribution in [0.15, 0.2) is 53.0 Å². The second kappa shape index (κ2) is 10.5. The minimum atomic E-state index is -0.284. The van der Waals surface area contributed by atoms with Crippen LogP contribution in [-0.4, -0.2) is 27.8 Å². The minimum absolute atomic E-state index is 0.0485. The standard InChI is InChI=1S/C20H19BrN4O2S2/c1-13-6-8-15(9-7-13)23-19(27)20-25-24-18(29-20)12-28-11-17(26)22-10-14-4-2-3-5-16(14)21/h2-9H,10-12H2,1H3,(H,22,26)(H,23,27). The maximum atomic E-state index is 12.3. The predicted octanol–water partition coefficient (Wildman–Crippen LogP) is 4.41. The van der Waals surface area contributed by atoms with E-state index in [-0.39, 0.29) is 11.8 Å². The summed E-state index contributed by atoms with van der Waals surface area (Å²) in [7, 11) is 0. The summed E-state index contributed by atoms with van der Waals surface area (Å²) in [6.07, 6.45) is 0. The Bertz CT molecular complexity index is 992. The Morgan fingerprint density at radius 1 is 1.10 bits per heavy atom. The Morgan fingerprint density at radius 2 is 1.86 bits per heavy atom. The van der Waals surface area contributed by atoms with Gasteiger partial charge < -0.3 is 10.6 Å². The van der Waals surface area contributed by atoms with Crippen molar-refractivity contribution in [3.05, 3.63) is 74.1 Å². The number of hydrogen-bond acceptors (Lipinski definition) is 6. The van der Waals surface area contributed by atoms with Crippen molar-refractivity contribution in [1.29, 1.82) is 0 Å². The lowest BCUT2D eigenvalue weighted by Gasteiger charge is -2.06. The second-order valence-corrected chi connectivity index (χ2v) is 9.08. The van der Waals surface area contributed by atoms with Gasteiger partial charge in [0.15, 0.2) is 0 Å². The second-order valence-electron chi connectivity index (χ2n) is 6.18. The van der Waals surface area contributed by atoms with E-state index in [0.29, 0.717) is 33.8 Å². The number of anilines is 1. The zero-order chi connectivity index (χ0) is 20.6. The summed E-state index contributed by atoms with van der Waals surface area (Å²) in [6, 6.07) is 15.3. The third kappa shape index (κ3) is 6.66. The molecule has 0 radical (unpaired) electrons. The van der Waals surface area contributed by atoms with Crippen molar-refractivity contribution < 1.29 is 9.59 Å². The first-order valence-corrected chi connectivity index (χ1v) is 11.6. The molecule has 0 spiro atoms. The molecule has 9 heteroatoms. The van der Waals surface area contributed by atoms with Crippen molar-refractivity contribution in [3.63, 3.8) is 0 Å². The summed E-state index contributed by atoms with van der Waals surface area (Å²) >= 11 is 6.14. The van der Waals surface area contributed by atoms with E-state index in [4.69, 9.17) is 0 Å². The first-order chi connectivity index (χ1) is 14.0. The van der Waals surface area contributed by atoms with Crippen LogP contribution >= 0.6 is 39.0 Å².